The van der Waals surface area contributed by atoms with E-state index in [1.54, 1.807) is 23.1 Å². The van der Waals surface area contributed by atoms with E-state index >= 15 is 0 Å². The Labute approximate surface area is 210 Å². The molecule has 0 atom stereocenters. The van der Waals surface area contributed by atoms with Crippen LogP contribution >= 0.6 is 0 Å². The van der Waals surface area contributed by atoms with E-state index in [1.165, 1.54) is 18.2 Å². The van der Waals surface area contributed by atoms with Gasteiger partial charge in [-0.2, -0.15) is 0 Å². The van der Waals surface area contributed by atoms with E-state index in [4.69, 9.17) is 0 Å². The number of nitrogens with one attached hydrogen (secondary N) is 2. The van der Waals surface area contributed by atoms with Crippen LogP contribution in [0.5, 0.6) is 0 Å². The molecule has 2 aromatic carbocycles. The molecule has 0 unspecified atom stereocenters. The lowest BCUT2D eigenvalue weighted by Gasteiger charge is -2.29. The highest BCUT2D eigenvalue weighted by atomic mass is 19.1. The minimum atomic E-state index is -0.488. The quantitative estimate of drug-likeness (QED) is 0.669. The number of piperazine rings is 1. The number of benzene rings is 2. The SMILES string of the molecule is O=C(Nc1cc(C(=O)N2CCNCC2)ccc1N1CCCN(C(=O)C2CC2)CC1)c1cccc(F)c1. The van der Waals surface area contributed by atoms with E-state index < -0.39 is 11.7 Å². The molecule has 2 aromatic rings. The summed E-state index contributed by atoms with van der Waals surface area (Å²) in [6.45, 7) is 5.44. The normalized spacial score (nSPS) is 18.5. The number of hydrogen-bond donors (Lipinski definition) is 2. The zero-order valence-corrected chi connectivity index (χ0v) is 20.3. The van der Waals surface area contributed by atoms with Crippen molar-refractivity contribution < 1.29 is 18.8 Å². The molecule has 0 radical (unpaired) electrons. The Bertz CT molecular complexity index is 1150. The van der Waals surface area contributed by atoms with E-state index in [9.17, 15) is 18.8 Å². The van der Waals surface area contributed by atoms with Crippen molar-refractivity contribution in [3.8, 4) is 0 Å². The van der Waals surface area contributed by atoms with Gasteiger partial charge >= 0.3 is 0 Å². The predicted octanol–water partition coefficient (Wildman–Crippen LogP) is 2.57. The van der Waals surface area contributed by atoms with Gasteiger partial charge in [0.05, 0.1) is 11.4 Å². The molecule has 1 saturated carbocycles. The van der Waals surface area contributed by atoms with Crippen molar-refractivity contribution in [2.24, 2.45) is 5.92 Å². The first-order valence-electron chi connectivity index (χ1n) is 12.7. The number of carbonyl (C=O) groups is 3. The third-order valence-electron chi connectivity index (χ3n) is 7.06. The topological polar surface area (TPSA) is 85.0 Å². The van der Waals surface area contributed by atoms with E-state index in [0.29, 0.717) is 37.4 Å². The summed E-state index contributed by atoms with van der Waals surface area (Å²) in [4.78, 5) is 44.7. The van der Waals surface area contributed by atoms with E-state index in [2.05, 4.69) is 15.5 Å². The summed E-state index contributed by atoms with van der Waals surface area (Å²) in [7, 11) is 0. The number of halogens is 1. The van der Waals surface area contributed by atoms with Gasteiger partial charge < -0.3 is 25.3 Å². The minimum Gasteiger partial charge on any atom is -0.368 e. The second kappa shape index (κ2) is 10.7. The maximum Gasteiger partial charge on any atom is 0.255 e. The number of carbonyl (C=O) groups excluding carboxylic acids is 3. The van der Waals surface area contributed by atoms with Crippen LogP contribution in [0.25, 0.3) is 0 Å². The fraction of sp³-hybridized carbons (Fsp3) is 0.444. The summed E-state index contributed by atoms with van der Waals surface area (Å²) in [5.41, 5.74) is 2.00. The summed E-state index contributed by atoms with van der Waals surface area (Å²) in [6, 6.07) is 10.9. The Morgan fingerprint density at radius 2 is 1.67 bits per heavy atom. The molecule has 9 heteroatoms. The van der Waals surface area contributed by atoms with Crippen LogP contribution in [0.3, 0.4) is 0 Å². The average molecular weight is 494 g/mol. The number of amides is 3. The molecule has 2 saturated heterocycles. The lowest BCUT2D eigenvalue weighted by molar-refractivity contribution is -0.132. The smallest absolute Gasteiger partial charge is 0.255 e. The second-order valence-corrected chi connectivity index (χ2v) is 9.68. The molecule has 1 aliphatic carbocycles. The first-order valence-corrected chi connectivity index (χ1v) is 12.7. The third kappa shape index (κ3) is 5.51. The Morgan fingerprint density at radius 3 is 2.42 bits per heavy atom. The maximum absolute atomic E-state index is 13.7. The maximum atomic E-state index is 13.7. The zero-order valence-electron chi connectivity index (χ0n) is 20.3. The fourth-order valence-electron chi connectivity index (χ4n) is 4.89. The van der Waals surface area contributed by atoms with Gasteiger partial charge in [-0.25, -0.2) is 4.39 Å². The molecule has 3 amide bonds. The molecule has 0 aromatic heterocycles. The van der Waals surface area contributed by atoms with Crippen molar-refractivity contribution in [3.05, 3.63) is 59.4 Å². The summed E-state index contributed by atoms with van der Waals surface area (Å²) in [5.74, 6) is -0.580. The lowest BCUT2D eigenvalue weighted by atomic mass is 10.1. The Morgan fingerprint density at radius 1 is 0.861 bits per heavy atom. The number of nitrogens with zero attached hydrogens (tertiary/aromatic N) is 3. The zero-order chi connectivity index (χ0) is 25.1. The molecule has 5 rings (SSSR count). The molecular weight excluding hydrogens is 461 g/mol. The van der Waals surface area contributed by atoms with Gasteiger partial charge in [0.25, 0.3) is 11.8 Å². The molecule has 190 valence electrons. The highest BCUT2D eigenvalue weighted by molar-refractivity contribution is 6.07. The van der Waals surface area contributed by atoms with Crippen molar-refractivity contribution in [3.63, 3.8) is 0 Å². The summed E-state index contributed by atoms with van der Waals surface area (Å²) in [5, 5.41) is 6.17. The Hall–Kier alpha value is -3.46. The molecular formula is C27H32FN5O3. The monoisotopic (exact) mass is 493 g/mol. The molecule has 3 fully saturated rings. The van der Waals surface area contributed by atoms with Gasteiger partial charge in [-0.05, 0) is 55.7 Å². The first-order chi connectivity index (χ1) is 17.5. The van der Waals surface area contributed by atoms with Crippen molar-refractivity contribution >= 4 is 29.1 Å². The van der Waals surface area contributed by atoms with Crippen LogP contribution in [0.4, 0.5) is 15.8 Å². The van der Waals surface area contributed by atoms with E-state index in [1.807, 2.05) is 11.0 Å². The van der Waals surface area contributed by atoms with Gasteiger partial charge in [0, 0.05) is 69.4 Å². The highest BCUT2D eigenvalue weighted by Crippen LogP contribution is 2.33. The predicted molar refractivity (Wildman–Crippen MR) is 136 cm³/mol. The van der Waals surface area contributed by atoms with Crippen LogP contribution < -0.4 is 15.5 Å². The molecule has 2 N–H and O–H groups in total. The average Bonchev–Trinajstić information content (AvgIpc) is 3.76. The lowest BCUT2D eigenvalue weighted by Crippen LogP contribution is -2.46. The van der Waals surface area contributed by atoms with Gasteiger partial charge in [-0.3, -0.25) is 14.4 Å². The molecule has 2 heterocycles. The molecule has 0 spiro atoms. The second-order valence-electron chi connectivity index (χ2n) is 9.68. The molecule has 2 aliphatic heterocycles. The van der Waals surface area contributed by atoms with Crippen molar-refractivity contribution in [2.75, 3.05) is 62.6 Å². The standard InChI is InChI=1S/C27H32FN5O3/c28-22-4-1-3-20(17-22)25(34)30-23-18-21(27(36)33-13-9-29-10-14-33)7-8-24(23)31-11-2-12-32(16-15-31)26(35)19-5-6-19/h1,3-4,7-8,17-19,29H,2,5-6,9-16H2,(H,30,34). The first kappa shape index (κ1) is 24.2. The van der Waals surface area contributed by atoms with Crippen molar-refractivity contribution in [1.29, 1.82) is 0 Å². The van der Waals surface area contributed by atoms with Gasteiger partial charge in [0.2, 0.25) is 5.91 Å². The van der Waals surface area contributed by atoms with E-state index in [-0.39, 0.29) is 23.3 Å². The molecule has 3 aliphatic rings. The summed E-state index contributed by atoms with van der Waals surface area (Å²) in [6.07, 6.45) is 2.78. The van der Waals surface area contributed by atoms with Crippen LogP contribution in [0, 0.1) is 11.7 Å². The Balaban J connectivity index is 1.40. The Kier molecular flexibility index (Phi) is 7.18. The minimum absolute atomic E-state index is 0.0821. The van der Waals surface area contributed by atoms with E-state index in [0.717, 1.165) is 51.1 Å². The molecule has 0 bridgehead atoms. The van der Waals surface area contributed by atoms with Crippen LogP contribution in [0.2, 0.25) is 0 Å². The third-order valence-corrected chi connectivity index (χ3v) is 7.06. The molecule has 36 heavy (non-hydrogen) atoms. The number of anilines is 2. The van der Waals surface area contributed by atoms with Crippen LogP contribution in [0.1, 0.15) is 40.0 Å². The highest BCUT2D eigenvalue weighted by Gasteiger charge is 2.34. The summed E-state index contributed by atoms with van der Waals surface area (Å²) >= 11 is 0. The van der Waals surface area contributed by atoms with Crippen molar-refractivity contribution in [1.82, 2.24) is 15.1 Å². The van der Waals surface area contributed by atoms with Gasteiger partial charge in [0.1, 0.15) is 5.82 Å². The molecule has 8 nitrogen and oxygen atoms in total. The van der Waals surface area contributed by atoms with Crippen LogP contribution in [-0.4, -0.2) is 79.9 Å². The summed E-state index contributed by atoms with van der Waals surface area (Å²) < 4.78 is 13.7. The van der Waals surface area contributed by atoms with Crippen molar-refractivity contribution in [2.45, 2.75) is 19.3 Å². The number of rotatable bonds is 5. The van der Waals surface area contributed by atoms with Gasteiger partial charge in [-0.15, -0.1) is 0 Å². The fourth-order valence-corrected chi connectivity index (χ4v) is 4.89. The largest absolute Gasteiger partial charge is 0.368 e. The van der Waals surface area contributed by atoms with Crippen LogP contribution in [-0.2, 0) is 4.79 Å². The van der Waals surface area contributed by atoms with Gasteiger partial charge in [-0.1, -0.05) is 6.07 Å². The number of hydrogen-bond acceptors (Lipinski definition) is 5. The van der Waals surface area contributed by atoms with Crippen LogP contribution in [0.15, 0.2) is 42.5 Å². The van der Waals surface area contributed by atoms with Gasteiger partial charge in [0.15, 0.2) is 0 Å².